The van der Waals surface area contributed by atoms with Gasteiger partial charge >= 0.3 is 0 Å². The van der Waals surface area contributed by atoms with Crippen LogP contribution in [0.15, 0.2) is 114 Å². The van der Waals surface area contributed by atoms with Crippen molar-refractivity contribution in [2.75, 3.05) is 74.7 Å². The number of fused-ring (bicyclic) bond motifs is 2. The molecule has 0 unspecified atom stereocenters. The fraction of sp³-hybridized carbons (Fsp3) is 0.548. The Hall–Kier alpha value is -10.7. The van der Waals surface area contributed by atoms with Crippen LogP contribution in [-0.4, -0.2) is 204 Å². The van der Waals surface area contributed by atoms with Gasteiger partial charge in [0.1, 0.15) is 65.4 Å². The van der Waals surface area contributed by atoms with Crippen molar-refractivity contribution in [3.05, 3.63) is 109 Å². The molecule has 2 aromatic heterocycles. The molecule has 3 heterocycles. The zero-order chi connectivity index (χ0) is 84.3. The van der Waals surface area contributed by atoms with Gasteiger partial charge in [0.2, 0.25) is 81.7 Å². The third-order valence-corrected chi connectivity index (χ3v) is 22.2. The number of H-pyrrole nitrogens is 1. The predicted octanol–water partition coefficient (Wildman–Crippen LogP) is 5.79. The molecule has 1 aliphatic heterocycles. The largest absolute Gasteiger partial charge is 0.375 e. The number of nitrogens with two attached hydrogens (primary N) is 3. The number of anilines is 2. The second-order valence-corrected chi connectivity index (χ2v) is 31.2. The highest BCUT2D eigenvalue weighted by Gasteiger charge is 2.39. The second-order valence-electron chi connectivity index (χ2n) is 30.3. The number of likely N-dealkylation sites (tertiary alicyclic amines) is 1. The maximum atomic E-state index is 14.4. The van der Waals surface area contributed by atoms with Gasteiger partial charge in [-0.15, -0.1) is 4.57 Å². The van der Waals surface area contributed by atoms with Gasteiger partial charge in [0, 0.05) is 107 Å². The molecule has 0 radical (unpaired) electrons. The van der Waals surface area contributed by atoms with E-state index >= 15 is 0 Å². The Bertz CT molecular complexity index is 4300. The van der Waals surface area contributed by atoms with Crippen molar-refractivity contribution in [1.82, 2.24) is 67.7 Å². The van der Waals surface area contributed by atoms with Crippen LogP contribution >= 0.6 is 11.8 Å². The summed E-state index contributed by atoms with van der Waals surface area (Å²) in [6.45, 7) is 12.5. The normalized spacial score (nSPS) is 15.7. The number of rotatable bonds is 48. The lowest BCUT2D eigenvalue weighted by Crippen LogP contribution is -2.60. The van der Waals surface area contributed by atoms with Crippen LogP contribution in [0.25, 0.3) is 27.8 Å². The Kier molecular flexibility index (Phi) is 37.3. The van der Waals surface area contributed by atoms with Crippen LogP contribution in [-0.2, 0) is 59.2 Å². The number of primary amides is 1. The van der Waals surface area contributed by atoms with Gasteiger partial charge in [-0.1, -0.05) is 57.2 Å². The smallest absolute Gasteiger partial charge is 0.243 e. The van der Waals surface area contributed by atoms with Gasteiger partial charge in [-0.3, -0.25) is 52.7 Å². The Balaban J connectivity index is 0.777. The molecule has 4 aromatic carbocycles. The first-order valence-electron chi connectivity index (χ1n) is 41.4. The summed E-state index contributed by atoms with van der Waals surface area (Å²) < 4.78 is 2.22. The Labute approximate surface area is 689 Å². The first-order chi connectivity index (χ1) is 56.4. The lowest BCUT2D eigenvalue weighted by molar-refractivity contribution is -0.538. The Morgan fingerprint density at radius 2 is 1.18 bits per heavy atom. The summed E-state index contributed by atoms with van der Waals surface area (Å²) >= 11 is 1.41. The fourth-order valence-electron chi connectivity index (χ4n) is 14.7. The Morgan fingerprint density at radius 3 is 1.84 bits per heavy atom. The number of nitrogens with zero attached hydrogens (tertiary/aromatic N) is 8. The molecule has 1 aliphatic carbocycles. The van der Waals surface area contributed by atoms with Crippen LogP contribution in [0.3, 0.4) is 0 Å². The molecule has 0 bridgehead atoms. The van der Waals surface area contributed by atoms with Crippen LogP contribution < -0.4 is 79.4 Å². The van der Waals surface area contributed by atoms with Crippen molar-refractivity contribution in [1.29, 1.82) is 0 Å². The molecule has 11 amide bonds. The molecule has 0 spiro atoms. The minimum atomic E-state index is -1.35. The molecular weight excluding hydrogens is 1510 g/mol. The highest BCUT2D eigenvalue weighted by atomic mass is 32.2. The summed E-state index contributed by atoms with van der Waals surface area (Å²) in [5.41, 5.74) is 25.7. The van der Waals surface area contributed by atoms with Gasteiger partial charge in [-0.2, -0.15) is 22.0 Å². The third-order valence-electron chi connectivity index (χ3n) is 21.5. The lowest BCUT2D eigenvalue weighted by Gasteiger charge is -2.30. The molecular formula is C84H122N21O11S+. The van der Waals surface area contributed by atoms with E-state index in [9.17, 15) is 52.7 Å². The summed E-state index contributed by atoms with van der Waals surface area (Å²) in [6, 6.07) is 19.9. The molecule has 2 fully saturated rings. The van der Waals surface area contributed by atoms with Gasteiger partial charge in [-0.05, 0) is 191 Å². The maximum Gasteiger partial charge on any atom is 0.243 e. The number of imidazole rings is 1. The second kappa shape index (κ2) is 47.5. The van der Waals surface area contributed by atoms with E-state index in [4.69, 9.17) is 22.2 Å². The number of carbonyl (C=O) groups excluding carboxylic acids is 11. The quantitative estimate of drug-likeness (QED) is 0.00930. The number of para-hydroxylation sites is 1. The summed E-state index contributed by atoms with van der Waals surface area (Å²) in [7, 11) is 1.95. The average molecular weight is 1630 g/mol. The van der Waals surface area contributed by atoms with Crippen LogP contribution in [0.5, 0.6) is 0 Å². The number of unbranched alkanes of at least 4 members (excludes halogenated alkanes) is 2. The van der Waals surface area contributed by atoms with Gasteiger partial charge in [0.25, 0.3) is 0 Å². The Morgan fingerprint density at radius 1 is 0.598 bits per heavy atom. The molecule has 1 saturated heterocycles. The number of nitrogens with one attached hydrogen (secondary N) is 10. The number of aromatic nitrogens is 4. The number of thioether (sulfide) groups is 1. The van der Waals surface area contributed by atoms with Crippen molar-refractivity contribution >= 4 is 122 Å². The number of amides is 11. The molecule has 32 nitrogen and oxygen atoms in total. The summed E-state index contributed by atoms with van der Waals surface area (Å²) in [5, 5.41) is 34.0. The van der Waals surface area contributed by atoms with Gasteiger partial charge in [0.15, 0.2) is 0 Å². The van der Waals surface area contributed by atoms with E-state index in [2.05, 4.69) is 127 Å². The SMILES string of the molecule is CC[C@H](NC(=O)[C@H](CC1CCCCC1)NC(=O)[C@@H]1CCCN1C(=O)CCCN)C(=O)N[C@@H](CCSC)C(=O)N[C@@H](Cc1cnc[nH]1)C(=O)N[C@@H](C)C(=O)N[C@@H](CCCCN)C(=O)N[C@@H](C)C(=O)N[C@@H](CCCCNC(=O)CCCN(C)c1ccc(N=Nc2ccc3nc4ccc(N(CC)CC)cc4[n+](-c4ccccc4)c3c2)cc1)C(N)=O. The topological polar surface area (TPSA) is 454 Å². The number of azo groups is 1. The monoisotopic (exact) mass is 1630 g/mol. The molecule has 6 aromatic rings. The lowest BCUT2D eigenvalue weighted by atomic mass is 9.84. The van der Waals surface area contributed by atoms with Crippen molar-refractivity contribution < 1.29 is 57.3 Å². The van der Waals surface area contributed by atoms with Crippen molar-refractivity contribution in [3.63, 3.8) is 0 Å². The van der Waals surface area contributed by atoms with E-state index in [1.54, 1.807) is 11.8 Å². The van der Waals surface area contributed by atoms with Gasteiger partial charge < -0.3 is 84.7 Å². The standard InChI is InChI=1S/C84H121N21O11S/c1-8-63(94-83(115)69(48-56-24-13-11-14-25-56)99-84(116)71-30-22-46-104(71)75(107)32-21-43-86)79(111)97-68(41-47-117-7)81(113)98-70(49-59-52-88-53-90-59)82(114)92-55(5)78(110)96-67(29-17-19-42-85)80(112)91-54(4)77(109)95-66(76(87)108)28-18-20-44-89-74(106)31-23-45-102(6)60-36-33-57(34-37-60)100-101-58-35-39-64-72(50-58)105(61-26-15-12-16-27-61)73-51-62(103(9-2)10-3)38-40-65(73)93-64/h12,15-16,26-27,33-40,50-56,63,66-71H,8-11,13-14,17-25,28-32,41-49,85-86H2,1-7H3,(H11-,87,88,89,90,91,92,94,95,96,97,98,99,106,108,109,110,111,112,113,114,115,116)/p+1/t54-,55-,63-,66-,67-,68-,69-,70-,71-/m0/s1. The molecule has 634 valence electrons. The molecule has 1 saturated carbocycles. The van der Waals surface area contributed by atoms with E-state index in [1.165, 1.54) is 38.1 Å². The summed E-state index contributed by atoms with van der Waals surface area (Å²) in [5.74, 6) is -6.03. The van der Waals surface area contributed by atoms with Crippen LogP contribution in [0, 0.1) is 5.92 Å². The number of carbonyl (C=O) groups is 11. The zero-order valence-corrected chi connectivity index (χ0v) is 69.6. The van der Waals surface area contributed by atoms with Gasteiger partial charge in [0.05, 0.1) is 17.7 Å². The third kappa shape index (κ3) is 28.0. The average Bonchev–Trinajstić information content (AvgIpc) is 1.03. The highest BCUT2D eigenvalue weighted by Crippen LogP contribution is 2.30. The molecule has 117 heavy (non-hydrogen) atoms. The minimum Gasteiger partial charge on any atom is -0.375 e. The number of hydrogen-bond acceptors (Lipinski definition) is 20. The van der Waals surface area contributed by atoms with Gasteiger partial charge in [-0.25, -0.2) is 9.97 Å². The van der Waals surface area contributed by atoms with Crippen molar-refractivity contribution in [2.45, 2.75) is 224 Å². The molecule has 33 heteroatoms. The van der Waals surface area contributed by atoms with E-state index < -0.39 is 108 Å². The summed E-state index contributed by atoms with van der Waals surface area (Å²) in [4.78, 5) is 169. The highest BCUT2D eigenvalue weighted by molar-refractivity contribution is 7.98. The molecule has 8 rings (SSSR count). The number of aromatic amines is 1. The fourth-order valence-corrected chi connectivity index (χ4v) is 15.2. The number of hydrogen-bond donors (Lipinski definition) is 13. The first kappa shape index (κ1) is 91.8. The van der Waals surface area contributed by atoms with Crippen molar-refractivity contribution in [2.24, 2.45) is 33.3 Å². The molecule has 2 aliphatic rings. The maximum absolute atomic E-state index is 14.4. The zero-order valence-electron chi connectivity index (χ0n) is 68.8. The molecule has 16 N–H and O–H groups in total. The minimum absolute atomic E-state index is 0.0903. The van der Waals surface area contributed by atoms with Crippen molar-refractivity contribution in [3.8, 4) is 5.69 Å². The van der Waals surface area contributed by atoms with E-state index in [0.717, 1.165) is 84.3 Å². The van der Waals surface area contributed by atoms with Crippen LogP contribution in [0.4, 0.5) is 22.7 Å². The van der Waals surface area contributed by atoms with E-state index in [0.29, 0.717) is 107 Å². The van der Waals surface area contributed by atoms with Crippen LogP contribution in [0.1, 0.15) is 169 Å². The predicted molar refractivity (Wildman–Crippen MR) is 453 cm³/mol. The molecule has 9 atom stereocenters. The first-order valence-corrected chi connectivity index (χ1v) is 42.8. The van der Waals surface area contributed by atoms with Crippen LogP contribution in [0.2, 0.25) is 0 Å². The van der Waals surface area contributed by atoms with E-state index in [-0.39, 0.29) is 69.2 Å². The van der Waals surface area contributed by atoms with E-state index in [1.807, 2.05) is 74.0 Å². The number of benzene rings is 4. The summed E-state index contributed by atoms with van der Waals surface area (Å²) in [6.07, 6.45) is 14.5.